The van der Waals surface area contributed by atoms with Crippen LogP contribution in [0.1, 0.15) is 49.3 Å². The van der Waals surface area contributed by atoms with Crippen LogP contribution in [-0.4, -0.2) is 35.8 Å². The van der Waals surface area contributed by atoms with E-state index in [0.29, 0.717) is 17.7 Å². The molecule has 2 aromatic rings. The molecule has 1 saturated heterocycles. The fraction of sp³-hybridized carbons (Fsp3) is 0.385. The minimum absolute atomic E-state index is 0.142. The number of benzene rings is 2. The fourth-order valence-electron chi connectivity index (χ4n) is 4.33. The highest BCUT2D eigenvalue weighted by Crippen LogP contribution is 2.34. The first-order valence-electron chi connectivity index (χ1n) is 11.3. The van der Waals surface area contributed by atoms with Crippen LogP contribution >= 0.6 is 0 Å². The molecule has 0 aromatic heterocycles. The van der Waals surface area contributed by atoms with Crippen molar-refractivity contribution in [1.29, 1.82) is 5.26 Å². The zero-order valence-corrected chi connectivity index (χ0v) is 19.4. The van der Waals surface area contributed by atoms with E-state index in [4.69, 9.17) is 5.26 Å². The van der Waals surface area contributed by atoms with Crippen LogP contribution in [0.15, 0.2) is 48.5 Å². The van der Waals surface area contributed by atoms with Crippen LogP contribution in [0, 0.1) is 25.2 Å². The lowest BCUT2D eigenvalue weighted by molar-refractivity contribution is -0.134. The number of nitrogens with zero attached hydrogens (tertiary/aromatic N) is 3. The minimum Gasteiger partial charge on any atom is -0.319 e. The van der Waals surface area contributed by atoms with Crippen LogP contribution in [0.3, 0.4) is 0 Å². The second-order valence-electron chi connectivity index (χ2n) is 8.50. The second-order valence-corrected chi connectivity index (χ2v) is 8.50. The van der Waals surface area contributed by atoms with Gasteiger partial charge in [-0.15, -0.1) is 0 Å². The average molecular weight is 447 g/mol. The van der Waals surface area contributed by atoms with Crippen LogP contribution in [0.4, 0.5) is 10.5 Å². The summed E-state index contributed by atoms with van der Waals surface area (Å²) < 4.78 is 0. The van der Waals surface area contributed by atoms with Crippen molar-refractivity contribution in [3.63, 3.8) is 0 Å². The lowest BCUT2D eigenvalue weighted by Gasteiger charge is -2.28. The molecule has 7 heteroatoms. The Balaban J connectivity index is 1.90. The standard InChI is InChI=1S/C26H30N4O3/c1-4-5-12-26(21-10-7-6-8-11-21)24(32)30(25(33)28-26)18-23(31)29(14-9-13-27)22-16-19(2)15-20(3)17-22/h6-8,10-11,15-17H,4-5,9,12,14,18H2,1-3H3,(H,28,33). The van der Waals surface area contributed by atoms with Crippen molar-refractivity contribution in [3.8, 4) is 6.07 Å². The summed E-state index contributed by atoms with van der Waals surface area (Å²) in [5.41, 5.74) is 2.16. The SMILES string of the molecule is CCCCC1(c2ccccc2)NC(=O)N(CC(=O)N(CCC#N)c2cc(C)cc(C)c2)C1=O. The summed E-state index contributed by atoms with van der Waals surface area (Å²) in [5, 5.41) is 12.0. The van der Waals surface area contributed by atoms with Gasteiger partial charge in [0.05, 0.1) is 12.5 Å². The van der Waals surface area contributed by atoms with Crippen LogP contribution in [-0.2, 0) is 15.1 Å². The number of aryl methyl sites for hydroxylation is 2. The maximum Gasteiger partial charge on any atom is 0.325 e. The average Bonchev–Trinajstić information content (AvgIpc) is 3.03. The van der Waals surface area contributed by atoms with E-state index in [1.807, 2.05) is 69.3 Å². The van der Waals surface area contributed by atoms with Gasteiger partial charge in [-0.1, -0.05) is 56.2 Å². The Bertz CT molecular complexity index is 1060. The molecule has 1 aliphatic heterocycles. The quantitative estimate of drug-likeness (QED) is 0.585. The Morgan fingerprint density at radius 2 is 1.79 bits per heavy atom. The van der Waals surface area contributed by atoms with E-state index in [-0.39, 0.29) is 19.5 Å². The van der Waals surface area contributed by atoms with E-state index >= 15 is 0 Å². The van der Waals surface area contributed by atoms with E-state index < -0.39 is 23.4 Å². The molecule has 1 aliphatic rings. The number of carbonyl (C=O) groups is 3. The number of nitrogens with one attached hydrogen (secondary N) is 1. The molecule has 172 valence electrons. The van der Waals surface area contributed by atoms with Gasteiger partial charge in [-0.25, -0.2) is 4.79 Å². The minimum atomic E-state index is -1.17. The zero-order chi connectivity index (χ0) is 24.0. The smallest absolute Gasteiger partial charge is 0.319 e. The number of unbranched alkanes of at least 4 members (excludes halogenated alkanes) is 1. The highest BCUT2D eigenvalue weighted by atomic mass is 16.2. The van der Waals surface area contributed by atoms with E-state index in [2.05, 4.69) is 11.4 Å². The summed E-state index contributed by atoms with van der Waals surface area (Å²) in [7, 11) is 0. The largest absolute Gasteiger partial charge is 0.325 e. The number of nitriles is 1. The van der Waals surface area contributed by atoms with Gasteiger partial charge in [0.1, 0.15) is 12.1 Å². The van der Waals surface area contributed by atoms with E-state index in [1.54, 1.807) is 0 Å². The summed E-state index contributed by atoms with van der Waals surface area (Å²) in [6, 6.07) is 16.4. The maximum absolute atomic E-state index is 13.6. The van der Waals surface area contributed by atoms with Gasteiger partial charge in [0.25, 0.3) is 5.91 Å². The number of hydrogen-bond donors (Lipinski definition) is 1. The molecule has 1 fully saturated rings. The summed E-state index contributed by atoms with van der Waals surface area (Å²) in [5.74, 6) is -0.820. The molecule has 0 radical (unpaired) electrons. The van der Waals surface area contributed by atoms with Gasteiger partial charge in [0, 0.05) is 12.2 Å². The monoisotopic (exact) mass is 446 g/mol. The number of rotatable bonds is 9. The summed E-state index contributed by atoms with van der Waals surface area (Å²) in [4.78, 5) is 42.3. The Labute approximate surface area is 195 Å². The number of amides is 4. The van der Waals surface area contributed by atoms with Crippen LogP contribution in [0.5, 0.6) is 0 Å². The molecule has 0 spiro atoms. The van der Waals surface area contributed by atoms with Crippen LogP contribution < -0.4 is 10.2 Å². The maximum atomic E-state index is 13.6. The van der Waals surface area contributed by atoms with E-state index in [0.717, 1.165) is 28.9 Å². The molecule has 2 aromatic carbocycles. The first-order chi connectivity index (χ1) is 15.8. The molecular weight excluding hydrogens is 416 g/mol. The number of anilines is 1. The molecule has 1 N–H and O–H groups in total. The zero-order valence-electron chi connectivity index (χ0n) is 19.4. The van der Waals surface area contributed by atoms with Crippen molar-refractivity contribution in [2.75, 3.05) is 18.0 Å². The van der Waals surface area contributed by atoms with Gasteiger partial charge in [-0.3, -0.25) is 14.5 Å². The molecule has 7 nitrogen and oxygen atoms in total. The molecule has 3 rings (SSSR count). The highest BCUT2D eigenvalue weighted by molar-refractivity contribution is 6.10. The van der Waals surface area contributed by atoms with Gasteiger partial charge in [-0.05, 0) is 49.1 Å². The summed E-state index contributed by atoms with van der Waals surface area (Å²) in [6.45, 7) is 5.69. The number of carbonyl (C=O) groups excluding carboxylic acids is 3. The Hall–Kier alpha value is -3.66. The Kier molecular flexibility index (Phi) is 7.49. The van der Waals surface area contributed by atoms with Gasteiger partial charge in [0.2, 0.25) is 5.91 Å². The van der Waals surface area contributed by atoms with E-state index in [9.17, 15) is 14.4 Å². The molecule has 1 unspecified atom stereocenters. The van der Waals surface area contributed by atoms with Gasteiger partial charge in [0.15, 0.2) is 0 Å². The molecule has 0 bridgehead atoms. The third-order valence-corrected chi connectivity index (χ3v) is 5.91. The Morgan fingerprint density at radius 1 is 1.12 bits per heavy atom. The normalized spacial score (nSPS) is 17.6. The number of urea groups is 1. The first-order valence-corrected chi connectivity index (χ1v) is 11.3. The van der Waals surface area contributed by atoms with Crippen molar-refractivity contribution >= 4 is 23.5 Å². The van der Waals surface area contributed by atoms with E-state index in [1.165, 1.54) is 4.90 Å². The number of imide groups is 1. The van der Waals surface area contributed by atoms with Crippen molar-refractivity contribution in [3.05, 3.63) is 65.2 Å². The van der Waals surface area contributed by atoms with Crippen LogP contribution in [0.25, 0.3) is 0 Å². The first kappa shape index (κ1) is 24.0. The van der Waals surface area contributed by atoms with Gasteiger partial charge < -0.3 is 10.2 Å². The molecule has 4 amide bonds. The number of hydrogen-bond acceptors (Lipinski definition) is 4. The third-order valence-electron chi connectivity index (χ3n) is 5.91. The third kappa shape index (κ3) is 5.06. The molecule has 33 heavy (non-hydrogen) atoms. The summed E-state index contributed by atoms with van der Waals surface area (Å²) in [6.07, 6.45) is 2.21. The highest BCUT2D eigenvalue weighted by Gasteiger charge is 2.52. The lowest BCUT2D eigenvalue weighted by atomic mass is 9.85. The molecule has 0 aliphatic carbocycles. The molecule has 1 heterocycles. The summed E-state index contributed by atoms with van der Waals surface area (Å²) >= 11 is 0. The molecule has 0 saturated carbocycles. The molecular formula is C26H30N4O3. The predicted molar refractivity (Wildman–Crippen MR) is 126 cm³/mol. The second kappa shape index (κ2) is 10.3. The predicted octanol–water partition coefficient (Wildman–Crippen LogP) is 4.19. The van der Waals surface area contributed by atoms with Crippen molar-refractivity contribution in [2.45, 2.75) is 52.0 Å². The van der Waals surface area contributed by atoms with Crippen molar-refractivity contribution in [2.24, 2.45) is 0 Å². The van der Waals surface area contributed by atoms with Gasteiger partial charge >= 0.3 is 6.03 Å². The fourth-order valence-corrected chi connectivity index (χ4v) is 4.33. The topological polar surface area (TPSA) is 93.5 Å². The Morgan fingerprint density at radius 3 is 2.39 bits per heavy atom. The van der Waals surface area contributed by atoms with Gasteiger partial charge in [-0.2, -0.15) is 5.26 Å². The lowest BCUT2D eigenvalue weighted by Crippen LogP contribution is -2.46. The van der Waals surface area contributed by atoms with Crippen LogP contribution in [0.2, 0.25) is 0 Å². The van der Waals surface area contributed by atoms with Crippen molar-refractivity contribution in [1.82, 2.24) is 10.2 Å². The molecule has 1 atom stereocenters. The van der Waals surface area contributed by atoms with Crippen molar-refractivity contribution < 1.29 is 14.4 Å².